The second-order valence-electron chi connectivity index (χ2n) is 7.24. The lowest BCUT2D eigenvalue weighted by Crippen LogP contribution is -2.20. The van der Waals surface area contributed by atoms with E-state index in [1.807, 2.05) is 4.72 Å². The molecule has 1 amide bonds. The van der Waals surface area contributed by atoms with E-state index in [1.54, 1.807) is 30.3 Å². The van der Waals surface area contributed by atoms with E-state index >= 15 is 0 Å². The molecule has 35 heavy (non-hydrogen) atoms. The second kappa shape index (κ2) is 10.9. The Balaban J connectivity index is 1.71. The monoisotopic (exact) mass is 525 g/mol. The molecule has 0 aliphatic heterocycles. The van der Waals surface area contributed by atoms with Crippen molar-refractivity contribution in [2.75, 3.05) is 11.0 Å². The normalized spacial score (nSPS) is 12.0. The van der Waals surface area contributed by atoms with Gasteiger partial charge in [0.15, 0.2) is 0 Å². The zero-order valence-corrected chi connectivity index (χ0v) is 19.8. The molecule has 0 atom stereocenters. The minimum atomic E-state index is -4.62. The van der Waals surface area contributed by atoms with Crippen LogP contribution in [0, 0.1) is 5.82 Å². The van der Waals surface area contributed by atoms with E-state index in [0.717, 1.165) is 36.2 Å². The number of amides is 1. The van der Waals surface area contributed by atoms with Crippen LogP contribution in [-0.2, 0) is 27.5 Å². The van der Waals surface area contributed by atoms with Crippen LogP contribution in [-0.4, -0.2) is 25.6 Å². The maximum atomic E-state index is 14.1. The summed E-state index contributed by atoms with van der Waals surface area (Å²) in [5, 5.41) is 2.61. The summed E-state index contributed by atoms with van der Waals surface area (Å²) in [4.78, 5) is 16.6. The summed E-state index contributed by atoms with van der Waals surface area (Å²) >= 11 is 1.03. The van der Waals surface area contributed by atoms with Crippen LogP contribution in [0.5, 0.6) is 0 Å². The van der Waals surface area contributed by atoms with E-state index < -0.39 is 33.6 Å². The van der Waals surface area contributed by atoms with Gasteiger partial charge in [-0.2, -0.15) is 13.2 Å². The fraction of sp³-hybridized carbons (Fsp3) is 0.130. The number of aromatic nitrogens is 1. The molecule has 1 aromatic heterocycles. The predicted octanol–water partition coefficient (Wildman–Crippen LogP) is 5.09. The van der Waals surface area contributed by atoms with Crippen molar-refractivity contribution in [3.8, 4) is 0 Å². The van der Waals surface area contributed by atoms with Crippen LogP contribution in [0.3, 0.4) is 0 Å². The largest absolute Gasteiger partial charge is 0.433 e. The number of carbonyl (C=O) groups is 1. The SMILES string of the molecule is CS(=O)(=O)Nc1ccc(CNC(=O)C=Cc2ccc(C(F)(F)F)nc2Sc2ccccc2)cc1F. The number of sulfonamides is 1. The van der Waals surface area contributed by atoms with Gasteiger partial charge in [-0.3, -0.25) is 9.52 Å². The van der Waals surface area contributed by atoms with Crippen LogP contribution in [0.2, 0.25) is 0 Å². The summed E-state index contributed by atoms with van der Waals surface area (Å²) in [5.74, 6) is -1.38. The number of hydrogen-bond acceptors (Lipinski definition) is 5. The van der Waals surface area contributed by atoms with Gasteiger partial charge in [-0.25, -0.2) is 17.8 Å². The van der Waals surface area contributed by atoms with Crippen molar-refractivity contribution in [1.82, 2.24) is 10.3 Å². The third-order valence-electron chi connectivity index (χ3n) is 4.35. The summed E-state index contributed by atoms with van der Waals surface area (Å²) in [6, 6.07) is 14.5. The zero-order chi connectivity index (χ0) is 25.6. The van der Waals surface area contributed by atoms with Crippen molar-refractivity contribution in [3.63, 3.8) is 0 Å². The first-order valence-electron chi connectivity index (χ1n) is 9.94. The smallest absolute Gasteiger partial charge is 0.348 e. The van der Waals surface area contributed by atoms with E-state index in [4.69, 9.17) is 0 Å². The molecule has 1 heterocycles. The number of pyridine rings is 1. The summed E-state index contributed by atoms with van der Waals surface area (Å²) in [7, 11) is -3.64. The highest BCUT2D eigenvalue weighted by atomic mass is 32.2. The third-order valence-corrected chi connectivity index (χ3v) is 5.97. The topological polar surface area (TPSA) is 88.2 Å². The second-order valence-corrected chi connectivity index (χ2v) is 10.1. The van der Waals surface area contributed by atoms with Crippen molar-refractivity contribution in [3.05, 3.63) is 89.4 Å². The highest BCUT2D eigenvalue weighted by molar-refractivity contribution is 7.99. The molecule has 0 aliphatic carbocycles. The average molecular weight is 526 g/mol. The van der Waals surface area contributed by atoms with Crippen LogP contribution in [0.15, 0.2) is 76.7 Å². The van der Waals surface area contributed by atoms with Crippen molar-refractivity contribution in [1.29, 1.82) is 0 Å². The maximum absolute atomic E-state index is 14.1. The molecule has 184 valence electrons. The number of alkyl halides is 3. The molecule has 12 heteroatoms. The molecule has 0 fully saturated rings. The molecule has 6 nitrogen and oxygen atoms in total. The highest BCUT2D eigenvalue weighted by Gasteiger charge is 2.33. The van der Waals surface area contributed by atoms with Crippen LogP contribution in [0.25, 0.3) is 6.08 Å². The fourth-order valence-electron chi connectivity index (χ4n) is 2.78. The van der Waals surface area contributed by atoms with Gasteiger partial charge in [0.25, 0.3) is 0 Å². The van der Waals surface area contributed by atoms with Gasteiger partial charge in [-0.1, -0.05) is 42.1 Å². The number of hydrogen-bond donors (Lipinski definition) is 2. The average Bonchev–Trinajstić information content (AvgIpc) is 2.77. The molecule has 0 radical (unpaired) electrons. The maximum Gasteiger partial charge on any atom is 0.433 e. The summed E-state index contributed by atoms with van der Waals surface area (Å²) in [6.07, 6.45) is -1.25. The van der Waals surface area contributed by atoms with E-state index in [1.165, 1.54) is 24.3 Å². The quantitative estimate of drug-likeness (QED) is 0.316. The number of halogens is 4. The molecular weight excluding hydrogens is 506 g/mol. The summed E-state index contributed by atoms with van der Waals surface area (Å²) < 4.78 is 78.0. The van der Waals surface area contributed by atoms with Crippen LogP contribution in [0.1, 0.15) is 16.8 Å². The Labute approximate surface area is 203 Å². The summed E-state index contributed by atoms with van der Waals surface area (Å²) in [6.45, 7) is -0.0594. The van der Waals surface area contributed by atoms with Gasteiger partial charge in [0.1, 0.15) is 16.5 Å². The minimum Gasteiger partial charge on any atom is -0.348 e. The first-order chi connectivity index (χ1) is 16.4. The van der Waals surface area contributed by atoms with E-state index in [-0.39, 0.29) is 17.3 Å². The standard InChI is InChI=1S/C23H19F4N3O3S2/c1-35(32,33)30-19-10-7-15(13-18(19)24)14-28-21(31)12-9-16-8-11-20(23(25,26)27)29-22(16)34-17-5-3-2-4-6-17/h2-13,30H,14H2,1H3,(H,28,31). The molecule has 2 aromatic carbocycles. The Hall–Kier alpha value is -3.38. The molecule has 0 saturated carbocycles. The van der Waals surface area contributed by atoms with Crippen molar-refractivity contribution >= 4 is 39.5 Å². The van der Waals surface area contributed by atoms with Gasteiger partial charge < -0.3 is 5.32 Å². The lowest BCUT2D eigenvalue weighted by molar-refractivity contribution is -0.141. The van der Waals surface area contributed by atoms with Gasteiger partial charge in [0.2, 0.25) is 15.9 Å². The van der Waals surface area contributed by atoms with E-state index in [0.29, 0.717) is 16.0 Å². The number of carbonyl (C=O) groups excluding carboxylic acids is 1. The number of nitrogens with zero attached hydrogens (tertiary/aromatic N) is 1. The Bertz CT molecular complexity index is 1350. The predicted molar refractivity (Wildman–Crippen MR) is 126 cm³/mol. The van der Waals surface area contributed by atoms with Gasteiger partial charge in [0.05, 0.1) is 11.9 Å². The van der Waals surface area contributed by atoms with Gasteiger partial charge >= 0.3 is 6.18 Å². The molecule has 0 spiro atoms. The lowest BCUT2D eigenvalue weighted by atomic mass is 10.2. The number of anilines is 1. The Morgan fingerprint density at radius 1 is 1.09 bits per heavy atom. The van der Waals surface area contributed by atoms with Crippen molar-refractivity contribution in [2.45, 2.75) is 22.6 Å². The molecule has 0 aliphatic rings. The third kappa shape index (κ3) is 8.11. The molecule has 0 bridgehead atoms. The number of rotatable bonds is 8. The molecule has 2 N–H and O–H groups in total. The van der Waals surface area contributed by atoms with Crippen LogP contribution < -0.4 is 10.0 Å². The minimum absolute atomic E-state index is 0.0594. The number of nitrogens with one attached hydrogen (secondary N) is 2. The van der Waals surface area contributed by atoms with E-state index in [9.17, 15) is 30.8 Å². The van der Waals surface area contributed by atoms with Crippen molar-refractivity contribution in [2.24, 2.45) is 0 Å². The Morgan fingerprint density at radius 2 is 1.80 bits per heavy atom. The Kier molecular flexibility index (Phi) is 8.18. The number of benzene rings is 2. The first kappa shape index (κ1) is 26.2. The highest BCUT2D eigenvalue weighted by Crippen LogP contribution is 2.34. The van der Waals surface area contributed by atoms with Crippen LogP contribution in [0.4, 0.5) is 23.2 Å². The molecule has 3 rings (SSSR count). The fourth-order valence-corrected chi connectivity index (χ4v) is 4.26. The summed E-state index contributed by atoms with van der Waals surface area (Å²) in [5.41, 5.74) is -0.585. The molecule has 0 unspecified atom stereocenters. The van der Waals surface area contributed by atoms with Crippen molar-refractivity contribution < 1.29 is 30.8 Å². The van der Waals surface area contributed by atoms with Gasteiger partial charge in [0, 0.05) is 23.1 Å². The van der Waals surface area contributed by atoms with Gasteiger partial charge in [-0.05, 0) is 42.0 Å². The molecule has 3 aromatic rings. The molecule has 0 saturated heterocycles. The van der Waals surface area contributed by atoms with Gasteiger partial charge in [-0.15, -0.1) is 0 Å². The van der Waals surface area contributed by atoms with E-state index in [2.05, 4.69) is 10.3 Å². The molecular formula is C23H19F4N3O3S2. The Morgan fingerprint density at radius 3 is 2.43 bits per heavy atom. The lowest BCUT2D eigenvalue weighted by Gasteiger charge is -2.10. The first-order valence-corrected chi connectivity index (χ1v) is 12.6. The van der Waals surface area contributed by atoms with Crippen LogP contribution >= 0.6 is 11.8 Å². The zero-order valence-electron chi connectivity index (χ0n) is 18.1.